The van der Waals surface area contributed by atoms with Crippen LogP contribution in [0.1, 0.15) is 5.89 Å². The van der Waals surface area contributed by atoms with E-state index in [1.807, 2.05) is 0 Å². The average molecular weight is 149 g/mol. The summed E-state index contributed by atoms with van der Waals surface area (Å²) in [5.74, 6) is 1.03. The molecule has 2 heterocycles. The Bertz CT molecular complexity index is 393. The minimum absolute atomic E-state index is 0.416. The molecule has 0 spiro atoms. The number of nitrogen functional groups attached to an aromatic ring is 1. The topological polar surface area (TPSA) is 64.9 Å². The number of oxazole rings is 1. The first-order valence-corrected chi connectivity index (χ1v) is 3.25. The Hall–Kier alpha value is -1.58. The van der Waals surface area contributed by atoms with Gasteiger partial charge in [-0.15, -0.1) is 0 Å². The van der Waals surface area contributed by atoms with Gasteiger partial charge in [0.1, 0.15) is 0 Å². The van der Waals surface area contributed by atoms with Gasteiger partial charge in [-0.3, -0.25) is 0 Å². The van der Waals surface area contributed by atoms with Crippen LogP contribution in [0.2, 0.25) is 0 Å². The minimum Gasteiger partial charge on any atom is -0.441 e. The van der Waals surface area contributed by atoms with Crippen molar-refractivity contribution < 1.29 is 4.42 Å². The molecule has 0 saturated carbocycles. The summed E-state index contributed by atoms with van der Waals surface area (Å²) < 4.78 is 5.22. The zero-order valence-electron chi connectivity index (χ0n) is 6.03. The van der Waals surface area contributed by atoms with E-state index in [-0.39, 0.29) is 0 Å². The fourth-order valence-electron chi connectivity index (χ4n) is 0.986. The van der Waals surface area contributed by atoms with E-state index in [2.05, 4.69) is 9.97 Å². The van der Waals surface area contributed by atoms with Gasteiger partial charge in [-0.25, -0.2) is 9.97 Å². The lowest BCUT2D eigenvalue weighted by molar-refractivity contribution is 0.561. The third kappa shape index (κ3) is 0.832. The molecule has 0 bridgehead atoms. The first kappa shape index (κ1) is 6.15. The van der Waals surface area contributed by atoms with Gasteiger partial charge in [-0.05, 0) is 0 Å². The summed E-state index contributed by atoms with van der Waals surface area (Å²) in [5, 5.41) is 0. The number of rotatable bonds is 0. The van der Waals surface area contributed by atoms with E-state index < -0.39 is 0 Å². The number of nitrogens with zero attached hydrogens (tertiary/aromatic N) is 2. The molecule has 4 nitrogen and oxygen atoms in total. The Morgan fingerprint density at radius 3 is 3.09 bits per heavy atom. The van der Waals surface area contributed by atoms with E-state index in [4.69, 9.17) is 10.2 Å². The lowest BCUT2D eigenvalue weighted by atomic mass is 10.4. The molecule has 0 fully saturated rings. The minimum atomic E-state index is 0.416. The van der Waals surface area contributed by atoms with Crippen molar-refractivity contribution in [3.8, 4) is 0 Å². The maximum Gasteiger partial charge on any atom is 0.192 e. The van der Waals surface area contributed by atoms with Crippen molar-refractivity contribution in [2.75, 3.05) is 5.73 Å². The van der Waals surface area contributed by atoms with Crippen LogP contribution in [-0.4, -0.2) is 9.97 Å². The monoisotopic (exact) mass is 149 g/mol. The molecule has 0 unspecified atom stereocenters. The molecule has 0 aliphatic heterocycles. The highest BCUT2D eigenvalue weighted by molar-refractivity contribution is 5.82. The van der Waals surface area contributed by atoms with Crippen LogP contribution in [0.25, 0.3) is 11.1 Å². The molecule has 2 aromatic heterocycles. The van der Waals surface area contributed by atoms with Gasteiger partial charge in [-0.2, -0.15) is 0 Å². The SMILES string of the molecule is Cc1nc2c(N)nccc2o1. The molecule has 0 radical (unpaired) electrons. The largest absolute Gasteiger partial charge is 0.441 e. The number of fused-ring (bicyclic) bond motifs is 1. The quantitative estimate of drug-likeness (QED) is 0.609. The van der Waals surface area contributed by atoms with E-state index >= 15 is 0 Å². The summed E-state index contributed by atoms with van der Waals surface area (Å²) in [6.45, 7) is 1.78. The number of nitrogens with two attached hydrogens (primary N) is 1. The number of aryl methyl sites for hydroxylation is 1. The Morgan fingerprint density at radius 2 is 2.36 bits per heavy atom. The Labute approximate surface area is 63.1 Å². The predicted octanol–water partition coefficient (Wildman–Crippen LogP) is 1.11. The molecule has 0 aliphatic rings. The molecule has 0 amide bonds. The van der Waals surface area contributed by atoms with Crippen LogP contribution in [0.3, 0.4) is 0 Å². The zero-order chi connectivity index (χ0) is 7.84. The van der Waals surface area contributed by atoms with Gasteiger partial charge in [-0.1, -0.05) is 0 Å². The van der Waals surface area contributed by atoms with Crippen molar-refractivity contribution in [2.24, 2.45) is 0 Å². The Balaban J connectivity index is 2.90. The number of pyridine rings is 1. The molecule has 0 saturated heterocycles. The van der Waals surface area contributed by atoms with Crippen LogP contribution >= 0.6 is 0 Å². The van der Waals surface area contributed by atoms with Crippen LogP contribution in [0.5, 0.6) is 0 Å². The highest BCUT2D eigenvalue weighted by Crippen LogP contribution is 2.17. The third-order valence-corrected chi connectivity index (χ3v) is 1.44. The second-order valence-corrected chi connectivity index (χ2v) is 2.28. The first-order valence-electron chi connectivity index (χ1n) is 3.25. The standard InChI is InChI=1S/C7H7N3O/c1-4-10-6-5(11-4)2-3-9-7(6)8/h2-3H,1H3,(H2,8,9). The molecule has 0 atom stereocenters. The van der Waals surface area contributed by atoms with E-state index in [1.54, 1.807) is 19.2 Å². The number of aromatic nitrogens is 2. The average Bonchev–Trinajstić information content (AvgIpc) is 2.31. The van der Waals surface area contributed by atoms with Gasteiger partial charge in [0.05, 0.1) is 0 Å². The summed E-state index contributed by atoms with van der Waals surface area (Å²) in [7, 11) is 0. The van der Waals surface area contributed by atoms with Gasteiger partial charge in [0.15, 0.2) is 22.8 Å². The smallest absolute Gasteiger partial charge is 0.192 e. The lowest BCUT2D eigenvalue weighted by Crippen LogP contribution is -1.89. The summed E-state index contributed by atoms with van der Waals surface area (Å²) in [4.78, 5) is 7.93. The molecule has 4 heteroatoms. The summed E-state index contributed by atoms with van der Waals surface area (Å²) in [5.41, 5.74) is 6.87. The van der Waals surface area contributed by atoms with Crippen LogP contribution in [-0.2, 0) is 0 Å². The second-order valence-electron chi connectivity index (χ2n) is 2.28. The van der Waals surface area contributed by atoms with Gasteiger partial charge >= 0.3 is 0 Å². The molecular weight excluding hydrogens is 142 g/mol. The first-order chi connectivity index (χ1) is 5.27. The van der Waals surface area contributed by atoms with Crippen LogP contribution in [0.15, 0.2) is 16.7 Å². The van der Waals surface area contributed by atoms with Crippen LogP contribution in [0.4, 0.5) is 5.82 Å². The van der Waals surface area contributed by atoms with Crippen molar-refractivity contribution in [1.29, 1.82) is 0 Å². The molecule has 2 rings (SSSR count). The molecule has 2 N–H and O–H groups in total. The fourth-order valence-corrected chi connectivity index (χ4v) is 0.986. The normalized spacial score (nSPS) is 10.6. The lowest BCUT2D eigenvalue weighted by Gasteiger charge is -1.88. The fraction of sp³-hybridized carbons (Fsp3) is 0.143. The second kappa shape index (κ2) is 1.95. The highest BCUT2D eigenvalue weighted by Gasteiger charge is 2.04. The molecule has 0 aliphatic carbocycles. The Morgan fingerprint density at radius 1 is 1.55 bits per heavy atom. The van der Waals surface area contributed by atoms with E-state index in [9.17, 15) is 0 Å². The van der Waals surface area contributed by atoms with E-state index in [0.29, 0.717) is 22.8 Å². The molecule has 2 aromatic rings. The summed E-state index contributed by atoms with van der Waals surface area (Å²) in [6.07, 6.45) is 1.60. The van der Waals surface area contributed by atoms with Crippen molar-refractivity contribution >= 4 is 16.9 Å². The van der Waals surface area contributed by atoms with Gasteiger partial charge in [0.25, 0.3) is 0 Å². The van der Waals surface area contributed by atoms with Gasteiger partial charge in [0.2, 0.25) is 0 Å². The zero-order valence-corrected chi connectivity index (χ0v) is 6.03. The highest BCUT2D eigenvalue weighted by atomic mass is 16.3. The van der Waals surface area contributed by atoms with Gasteiger partial charge in [0, 0.05) is 19.2 Å². The van der Waals surface area contributed by atoms with Crippen molar-refractivity contribution in [3.05, 3.63) is 18.2 Å². The molecular formula is C7H7N3O. The Kier molecular flexibility index (Phi) is 1.09. The van der Waals surface area contributed by atoms with Crippen LogP contribution < -0.4 is 5.73 Å². The van der Waals surface area contributed by atoms with Crippen molar-refractivity contribution in [2.45, 2.75) is 6.92 Å². The van der Waals surface area contributed by atoms with E-state index in [1.165, 1.54) is 0 Å². The number of anilines is 1. The van der Waals surface area contributed by atoms with Crippen LogP contribution in [0, 0.1) is 6.92 Å². The maximum atomic E-state index is 5.54. The third-order valence-electron chi connectivity index (χ3n) is 1.44. The maximum absolute atomic E-state index is 5.54. The van der Waals surface area contributed by atoms with Crippen molar-refractivity contribution in [3.63, 3.8) is 0 Å². The number of hydrogen-bond acceptors (Lipinski definition) is 4. The molecule has 11 heavy (non-hydrogen) atoms. The van der Waals surface area contributed by atoms with Crippen molar-refractivity contribution in [1.82, 2.24) is 9.97 Å². The predicted molar refractivity (Wildman–Crippen MR) is 41.0 cm³/mol. The summed E-state index contributed by atoms with van der Waals surface area (Å²) >= 11 is 0. The van der Waals surface area contributed by atoms with Gasteiger partial charge < -0.3 is 10.2 Å². The summed E-state index contributed by atoms with van der Waals surface area (Å²) in [6, 6.07) is 1.74. The molecule has 56 valence electrons. The number of hydrogen-bond donors (Lipinski definition) is 1. The molecule has 0 aromatic carbocycles. The van der Waals surface area contributed by atoms with E-state index in [0.717, 1.165) is 0 Å².